The van der Waals surface area contributed by atoms with Crippen LogP contribution in [-0.4, -0.2) is 47.9 Å². The summed E-state index contributed by atoms with van der Waals surface area (Å²) in [4.78, 5) is 30.2. The first-order valence-corrected chi connectivity index (χ1v) is 11.2. The molecule has 6 nitrogen and oxygen atoms in total. The zero-order valence-electron chi connectivity index (χ0n) is 18.9. The smallest absolute Gasteiger partial charge is 0.303 e. The Balaban J connectivity index is 1.63. The van der Waals surface area contributed by atoms with Crippen molar-refractivity contribution in [2.24, 2.45) is 11.8 Å². The quantitative estimate of drug-likeness (QED) is 0.368. The van der Waals surface area contributed by atoms with Crippen LogP contribution in [0.4, 0.5) is 0 Å². The van der Waals surface area contributed by atoms with E-state index in [0.717, 1.165) is 48.1 Å². The molecule has 3 aliphatic heterocycles. The van der Waals surface area contributed by atoms with Crippen LogP contribution in [0.15, 0.2) is 54.8 Å². The van der Waals surface area contributed by atoms with Crippen molar-refractivity contribution in [1.82, 2.24) is 9.88 Å². The number of pyridine rings is 1. The molecule has 1 aromatic heterocycles. The van der Waals surface area contributed by atoms with Gasteiger partial charge in [0.25, 0.3) is 0 Å². The van der Waals surface area contributed by atoms with Crippen LogP contribution in [0.1, 0.15) is 38.4 Å². The van der Waals surface area contributed by atoms with Crippen LogP contribution in [-0.2, 0) is 14.3 Å². The highest BCUT2D eigenvalue weighted by Crippen LogP contribution is 2.43. The van der Waals surface area contributed by atoms with Gasteiger partial charge in [-0.1, -0.05) is 18.2 Å². The van der Waals surface area contributed by atoms with Crippen molar-refractivity contribution in [3.05, 3.63) is 60.3 Å². The number of piperidine rings is 3. The number of esters is 1. The van der Waals surface area contributed by atoms with Crippen molar-refractivity contribution < 1.29 is 19.1 Å². The Morgan fingerprint density at radius 3 is 2.75 bits per heavy atom. The lowest BCUT2D eigenvalue weighted by Gasteiger charge is -2.51. The number of rotatable bonds is 7. The van der Waals surface area contributed by atoms with Crippen LogP contribution in [0, 0.1) is 11.8 Å². The highest BCUT2D eigenvalue weighted by atomic mass is 16.5. The summed E-state index contributed by atoms with van der Waals surface area (Å²) in [5.74, 6) is 1.48. The molecule has 3 saturated heterocycles. The van der Waals surface area contributed by atoms with E-state index in [1.807, 2.05) is 36.4 Å². The van der Waals surface area contributed by atoms with E-state index in [4.69, 9.17) is 9.47 Å². The second-order valence-corrected chi connectivity index (χ2v) is 8.68. The number of benzene rings is 1. The molecule has 0 spiro atoms. The third-order valence-corrected chi connectivity index (χ3v) is 6.58. The van der Waals surface area contributed by atoms with Gasteiger partial charge >= 0.3 is 5.97 Å². The van der Waals surface area contributed by atoms with E-state index in [-0.39, 0.29) is 23.9 Å². The predicted octanol–water partition coefficient (Wildman–Crippen LogP) is 4.26. The van der Waals surface area contributed by atoms with Gasteiger partial charge in [-0.2, -0.15) is 0 Å². The van der Waals surface area contributed by atoms with E-state index in [1.165, 1.54) is 6.92 Å². The lowest BCUT2D eigenvalue weighted by molar-refractivity contribution is -0.154. The first kappa shape index (κ1) is 22.2. The monoisotopic (exact) mass is 434 g/mol. The molecule has 32 heavy (non-hydrogen) atoms. The molecule has 168 valence electrons. The van der Waals surface area contributed by atoms with Gasteiger partial charge < -0.3 is 9.47 Å². The molecule has 2 aromatic rings. The average Bonchev–Trinajstić information content (AvgIpc) is 2.80. The summed E-state index contributed by atoms with van der Waals surface area (Å²) in [6.07, 6.45) is 11.1. The normalized spacial score (nSPS) is 26.0. The minimum atomic E-state index is -0.365. The van der Waals surface area contributed by atoms with Crippen molar-refractivity contribution in [2.75, 3.05) is 20.2 Å². The van der Waals surface area contributed by atoms with Gasteiger partial charge in [0.1, 0.15) is 11.9 Å². The molecule has 2 bridgehead atoms. The Hall–Kier alpha value is -2.99. The van der Waals surface area contributed by atoms with Crippen LogP contribution in [0.5, 0.6) is 5.75 Å². The average molecular weight is 435 g/mol. The Bertz CT molecular complexity index is 1060. The van der Waals surface area contributed by atoms with Crippen LogP contribution >= 0.6 is 0 Å². The molecule has 3 aliphatic rings. The minimum Gasteiger partial charge on any atom is -0.497 e. The second kappa shape index (κ2) is 9.65. The fourth-order valence-electron chi connectivity index (χ4n) is 5.09. The summed E-state index contributed by atoms with van der Waals surface area (Å²) in [6, 6.07) is 7.88. The van der Waals surface area contributed by atoms with Gasteiger partial charge in [-0.05, 0) is 68.5 Å². The van der Waals surface area contributed by atoms with Gasteiger partial charge in [-0.3, -0.25) is 19.5 Å². The highest BCUT2D eigenvalue weighted by molar-refractivity contribution is 5.87. The van der Waals surface area contributed by atoms with Crippen molar-refractivity contribution in [3.8, 4) is 5.75 Å². The lowest BCUT2D eigenvalue weighted by Crippen LogP contribution is -2.55. The van der Waals surface area contributed by atoms with Gasteiger partial charge in [0, 0.05) is 30.6 Å². The first-order chi connectivity index (χ1) is 15.5. The maximum atomic E-state index is 12.1. The third-order valence-electron chi connectivity index (χ3n) is 6.58. The number of carbonyl (C=O) groups excluding carboxylic acids is 2. The Morgan fingerprint density at radius 2 is 2.06 bits per heavy atom. The van der Waals surface area contributed by atoms with Crippen molar-refractivity contribution in [2.45, 2.75) is 38.8 Å². The lowest BCUT2D eigenvalue weighted by atomic mass is 9.73. The minimum absolute atomic E-state index is 0.0501. The predicted molar refractivity (Wildman–Crippen MR) is 123 cm³/mol. The van der Waals surface area contributed by atoms with E-state index in [9.17, 15) is 9.59 Å². The molecule has 5 rings (SSSR count). The highest BCUT2D eigenvalue weighted by Gasteiger charge is 2.44. The molecule has 3 fully saturated rings. The number of methoxy groups -OCH3 is 1. The summed E-state index contributed by atoms with van der Waals surface area (Å²) < 4.78 is 11.4. The number of allylic oxidation sites excluding steroid dienone is 3. The van der Waals surface area contributed by atoms with Gasteiger partial charge in [0.15, 0.2) is 5.78 Å². The zero-order valence-corrected chi connectivity index (χ0v) is 18.9. The molecule has 0 amide bonds. The molecular formula is C26H30N2O4. The number of hydrogen-bond donors (Lipinski definition) is 0. The molecule has 0 radical (unpaired) electrons. The second-order valence-electron chi connectivity index (χ2n) is 8.68. The van der Waals surface area contributed by atoms with Gasteiger partial charge in [0.2, 0.25) is 0 Å². The molecule has 5 atom stereocenters. The molecule has 1 aromatic carbocycles. The van der Waals surface area contributed by atoms with E-state index in [1.54, 1.807) is 26.3 Å². The molecular weight excluding hydrogens is 404 g/mol. The Labute approximate surface area is 188 Å². The summed E-state index contributed by atoms with van der Waals surface area (Å²) in [6.45, 7) is 4.94. The van der Waals surface area contributed by atoms with Crippen LogP contribution in [0.25, 0.3) is 10.9 Å². The largest absolute Gasteiger partial charge is 0.497 e. The van der Waals surface area contributed by atoms with E-state index < -0.39 is 0 Å². The molecule has 4 unspecified atom stereocenters. The molecule has 0 N–H and O–H groups in total. The fraction of sp³-hybridized carbons (Fsp3) is 0.423. The zero-order chi connectivity index (χ0) is 22.7. The number of fused-ring (bicyclic) bond motifs is 4. The molecule has 0 saturated carbocycles. The van der Waals surface area contributed by atoms with E-state index >= 15 is 0 Å². The van der Waals surface area contributed by atoms with Gasteiger partial charge in [-0.25, -0.2) is 0 Å². The number of ether oxygens (including phenoxy) is 2. The Morgan fingerprint density at radius 1 is 1.22 bits per heavy atom. The summed E-state index contributed by atoms with van der Waals surface area (Å²) in [7, 11) is 1.64. The van der Waals surface area contributed by atoms with Crippen molar-refractivity contribution in [3.63, 3.8) is 0 Å². The van der Waals surface area contributed by atoms with Crippen molar-refractivity contribution >= 4 is 22.7 Å². The summed E-state index contributed by atoms with van der Waals surface area (Å²) in [5, 5.41) is 0.951. The fourth-order valence-corrected chi connectivity index (χ4v) is 5.09. The van der Waals surface area contributed by atoms with Crippen molar-refractivity contribution in [1.29, 1.82) is 0 Å². The first-order valence-electron chi connectivity index (χ1n) is 11.2. The van der Waals surface area contributed by atoms with Crippen LogP contribution in [0.3, 0.4) is 0 Å². The maximum absolute atomic E-state index is 12.1. The molecule has 0 aliphatic carbocycles. The SMILES string of the molecule is COc1ccc2nccc([C@H](OC(C)=O)C3CC4CCN3CC4/C=C\C=C\C(C)=O)c2c1. The molecule has 4 heterocycles. The summed E-state index contributed by atoms with van der Waals surface area (Å²) >= 11 is 0. The standard InChI is InChI=1S/C26H30N2O4/c1-17(29)6-4-5-7-20-16-28-13-11-19(20)14-25(28)26(32-18(2)30)22-10-12-27-24-9-8-21(31-3)15-23(22)24/h4-10,12,15,19-20,25-26H,11,13-14,16H2,1-3H3/b6-4+,7-5-/t19?,20?,25?,26-/m0/s1. The number of nitrogens with zero attached hydrogens (tertiary/aromatic N) is 2. The maximum Gasteiger partial charge on any atom is 0.303 e. The van der Waals surface area contributed by atoms with Gasteiger partial charge in [-0.15, -0.1) is 0 Å². The number of carbonyl (C=O) groups is 2. The van der Waals surface area contributed by atoms with E-state index in [0.29, 0.717) is 11.8 Å². The number of aromatic nitrogens is 1. The van der Waals surface area contributed by atoms with Gasteiger partial charge in [0.05, 0.1) is 18.7 Å². The van der Waals surface area contributed by atoms with Crippen LogP contribution < -0.4 is 4.74 Å². The Kier molecular flexibility index (Phi) is 6.70. The van der Waals surface area contributed by atoms with Crippen LogP contribution in [0.2, 0.25) is 0 Å². The third kappa shape index (κ3) is 4.75. The number of hydrogen-bond acceptors (Lipinski definition) is 6. The molecule has 6 heteroatoms. The summed E-state index contributed by atoms with van der Waals surface area (Å²) in [5.41, 5.74) is 1.83. The van der Waals surface area contributed by atoms with E-state index in [2.05, 4.69) is 16.0 Å². The number of ketones is 1. The topological polar surface area (TPSA) is 68.7 Å².